The van der Waals surface area contributed by atoms with Crippen LogP contribution in [-0.2, 0) is 10.7 Å². The number of pyridine rings is 1. The number of rotatable bonds is 5. The van der Waals surface area contributed by atoms with Gasteiger partial charge in [0.2, 0.25) is 6.41 Å². The lowest BCUT2D eigenvalue weighted by atomic mass is 9.94. The number of carbonyl (C=O) groups is 1. The molecule has 2 aromatic rings. The van der Waals surface area contributed by atoms with Crippen molar-refractivity contribution in [2.75, 3.05) is 6.54 Å². The molecule has 1 aromatic heterocycles. The molecule has 3 rings (SSSR count). The summed E-state index contributed by atoms with van der Waals surface area (Å²) in [5.74, 6) is -7.34. The Kier molecular flexibility index (Phi) is 7.18. The van der Waals surface area contributed by atoms with Crippen molar-refractivity contribution in [3.05, 3.63) is 51.9 Å². The molecule has 0 bridgehead atoms. The molecule has 1 atom stereocenters. The maximum Gasteiger partial charge on any atom is 0.273 e. The van der Waals surface area contributed by atoms with Crippen LogP contribution in [0.15, 0.2) is 18.2 Å². The van der Waals surface area contributed by atoms with Crippen molar-refractivity contribution in [2.24, 2.45) is 17.4 Å². The van der Waals surface area contributed by atoms with Crippen LogP contribution in [0.25, 0.3) is 11.3 Å². The van der Waals surface area contributed by atoms with Crippen LogP contribution in [0.1, 0.15) is 36.9 Å². The molecule has 1 aliphatic carbocycles. The predicted molar refractivity (Wildman–Crippen MR) is 98.9 cm³/mol. The number of hydrogen-bond donors (Lipinski definition) is 2. The number of primary amides is 1. The zero-order valence-corrected chi connectivity index (χ0v) is 16.1. The first kappa shape index (κ1) is 23.0. The lowest BCUT2D eigenvalue weighted by Gasteiger charge is -2.20. The van der Waals surface area contributed by atoms with Crippen molar-refractivity contribution in [1.82, 2.24) is 4.98 Å². The number of carbonyl (C=O) groups excluding carboxylic acids is 1. The van der Waals surface area contributed by atoms with Crippen LogP contribution in [0.5, 0.6) is 0 Å². The Morgan fingerprint density at radius 1 is 1.28 bits per heavy atom. The van der Waals surface area contributed by atoms with E-state index >= 15 is 0 Å². The zero-order chi connectivity index (χ0) is 21.9. The van der Waals surface area contributed by atoms with E-state index in [1.807, 2.05) is 0 Å². The molecule has 0 radical (unpaired) electrons. The van der Waals surface area contributed by atoms with Gasteiger partial charge in [-0.1, -0.05) is 11.6 Å². The van der Waals surface area contributed by atoms with E-state index in [0.29, 0.717) is 6.92 Å². The van der Waals surface area contributed by atoms with E-state index in [1.165, 1.54) is 0 Å². The molecule has 0 aliphatic heterocycles. The van der Waals surface area contributed by atoms with Gasteiger partial charge < -0.3 is 11.5 Å². The Balaban J connectivity index is 0.000000941. The first-order valence-corrected chi connectivity index (χ1v) is 9.02. The number of alkyl halides is 2. The molecule has 1 amide bonds. The molecule has 1 saturated carbocycles. The van der Waals surface area contributed by atoms with Gasteiger partial charge in [0, 0.05) is 30.6 Å². The van der Waals surface area contributed by atoms with Crippen molar-refractivity contribution in [2.45, 2.75) is 31.6 Å². The van der Waals surface area contributed by atoms with Gasteiger partial charge in [0.15, 0.2) is 11.6 Å². The second-order valence-corrected chi connectivity index (χ2v) is 7.06. The minimum atomic E-state index is -3.51. The van der Waals surface area contributed by atoms with Gasteiger partial charge in [-0.15, -0.1) is 0 Å². The van der Waals surface area contributed by atoms with Gasteiger partial charge in [-0.25, -0.2) is 26.9 Å². The molecule has 158 valence electrons. The van der Waals surface area contributed by atoms with Crippen molar-refractivity contribution in [3.8, 4) is 11.3 Å². The minimum absolute atomic E-state index is 0.143. The second kappa shape index (κ2) is 9.04. The van der Waals surface area contributed by atoms with Gasteiger partial charge in [0.25, 0.3) is 5.92 Å². The Labute approximate surface area is 169 Å². The summed E-state index contributed by atoms with van der Waals surface area (Å²) in [6, 6.07) is 2.75. The fraction of sp³-hybridized carbons (Fsp3) is 0.368. The third kappa shape index (κ3) is 5.02. The van der Waals surface area contributed by atoms with Crippen LogP contribution in [0.3, 0.4) is 0 Å². The van der Waals surface area contributed by atoms with E-state index in [4.69, 9.17) is 22.1 Å². The molecule has 1 heterocycles. The third-order valence-electron chi connectivity index (χ3n) is 4.57. The number of aromatic nitrogens is 1. The molecule has 0 spiro atoms. The largest absolute Gasteiger partial charge is 0.372 e. The molecule has 4 N–H and O–H groups in total. The van der Waals surface area contributed by atoms with Gasteiger partial charge in [-0.05, 0) is 37.0 Å². The van der Waals surface area contributed by atoms with Crippen LogP contribution < -0.4 is 11.5 Å². The standard InChI is InChI=1S/C18H16ClF5N2.CH3NO/c1-18(23,24)11-6-13(10(7-25)8-2-3-8)26-17(16(11)22)9-4-5-12(20)14(19)15(9)21;2-1-3/h4-6,8,10H,2-3,7,25H2,1H3;1H,(H2,2,3). The van der Waals surface area contributed by atoms with Crippen LogP contribution in [0.2, 0.25) is 5.02 Å². The molecule has 29 heavy (non-hydrogen) atoms. The zero-order valence-electron chi connectivity index (χ0n) is 15.4. The number of halogens is 6. The minimum Gasteiger partial charge on any atom is -0.372 e. The van der Waals surface area contributed by atoms with Crippen molar-refractivity contribution >= 4 is 18.0 Å². The fourth-order valence-electron chi connectivity index (χ4n) is 3.00. The first-order valence-electron chi connectivity index (χ1n) is 8.64. The predicted octanol–water partition coefficient (Wildman–Crippen LogP) is 4.48. The van der Waals surface area contributed by atoms with Crippen LogP contribution in [0, 0.1) is 23.4 Å². The summed E-state index contributed by atoms with van der Waals surface area (Å²) in [4.78, 5) is 12.7. The molecule has 10 heteroatoms. The summed E-state index contributed by atoms with van der Waals surface area (Å²) in [6.45, 7) is 0.686. The van der Waals surface area contributed by atoms with Gasteiger partial charge in [-0.3, -0.25) is 4.79 Å². The molecule has 1 aliphatic rings. The molecule has 1 unspecified atom stereocenters. The van der Waals surface area contributed by atoms with Gasteiger partial charge in [0.1, 0.15) is 16.5 Å². The SMILES string of the molecule is CC(F)(F)c1cc(C(CN)C2CC2)nc(-c2ccc(F)c(Cl)c2F)c1F.NC=O. The van der Waals surface area contributed by atoms with Gasteiger partial charge >= 0.3 is 0 Å². The number of nitrogens with zero attached hydrogens (tertiary/aromatic N) is 1. The maximum absolute atomic E-state index is 14.8. The summed E-state index contributed by atoms with van der Waals surface area (Å²) in [5, 5.41) is -0.850. The van der Waals surface area contributed by atoms with E-state index in [9.17, 15) is 22.0 Å². The molecule has 1 aromatic carbocycles. The highest BCUT2D eigenvalue weighted by Crippen LogP contribution is 2.44. The average Bonchev–Trinajstić information content (AvgIpc) is 3.47. The molecule has 1 fully saturated rings. The monoisotopic (exact) mass is 435 g/mol. The van der Waals surface area contributed by atoms with E-state index in [0.717, 1.165) is 31.0 Å². The highest BCUT2D eigenvalue weighted by molar-refractivity contribution is 6.31. The molecule has 0 saturated heterocycles. The highest BCUT2D eigenvalue weighted by Gasteiger charge is 2.37. The quantitative estimate of drug-likeness (QED) is 0.412. The van der Waals surface area contributed by atoms with Crippen LogP contribution in [-0.4, -0.2) is 17.9 Å². The van der Waals surface area contributed by atoms with Crippen LogP contribution >= 0.6 is 11.6 Å². The topological polar surface area (TPSA) is 82.0 Å². The lowest BCUT2D eigenvalue weighted by molar-refractivity contribution is -0.106. The Hall–Kier alpha value is -2.26. The summed E-state index contributed by atoms with van der Waals surface area (Å²) >= 11 is 5.54. The Morgan fingerprint density at radius 3 is 2.34 bits per heavy atom. The van der Waals surface area contributed by atoms with Gasteiger partial charge in [0.05, 0.1) is 5.56 Å². The molecule has 4 nitrogen and oxygen atoms in total. The van der Waals surface area contributed by atoms with Gasteiger partial charge in [-0.2, -0.15) is 0 Å². The Bertz CT molecular complexity index is 900. The van der Waals surface area contributed by atoms with E-state index in [2.05, 4.69) is 10.7 Å². The number of benzene rings is 1. The summed E-state index contributed by atoms with van der Waals surface area (Å²) in [7, 11) is 0. The summed E-state index contributed by atoms with van der Waals surface area (Å²) in [6.07, 6.45) is 1.98. The van der Waals surface area contributed by atoms with Crippen LogP contribution in [0.4, 0.5) is 22.0 Å². The first-order chi connectivity index (χ1) is 13.6. The Morgan fingerprint density at radius 2 is 1.86 bits per heavy atom. The fourth-order valence-corrected chi connectivity index (χ4v) is 3.16. The second-order valence-electron chi connectivity index (χ2n) is 6.68. The lowest BCUT2D eigenvalue weighted by Crippen LogP contribution is -2.19. The van der Waals surface area contributed by atoms with E-state index < -0.39 is 45.2 Å². The third-order valence-corrected chi connectivity index (χ3v) is 4.91. The van der Waals surface area contributed by atoms with Crippen molar-refractivity contribution < 1.29 is 26.7 Å². The smallest absolute Gasteiger partial charge is 0.273 e. The number of amides is 1. The number of nitrogens with two attached hydrogens (primary N) is 2. The maximum atomic E-state index is 14.8. The van der Waals surface area contributed by atoms with E-state index in [-0.39, 0.29) is 30.5 Å². The number of hydrogen-bond acceptors (Lipinski definition) is 3. The molecular weight excluding hydrogens is 417 g/mol. The normalized spacial score (nSPS) is 14.8. The highest BCUT2D eigenvalue weighted by atomic mass is 35.5. The summed E-state index contributed by atoms with van der Waals surface area (Å²) in [5.41, 5.74) is 8.06. The van der Waals surface area contributed by atoms with E-state index in [1.54, 1.807) is 0 Å². The molecular formula is C19H19ClF5N3O. The van der Waals surface area contributed by atoms with Crippen molar-refractivity contribution in [1.29, 1.82) is 0 Å². The summed E-state index contributed by atoms with van der Waals surface area (Å²) < 4.78 is 70.4. The van der Waals surface area contributed by atoms with Crippen molar-refractivity contribution in [3.63, 3.8) is 0 Å². The average molecular weight is 436 g/mol.